The molecule has 1 aromatic rings. The van der Waals surface area contributed by atoms with Crippen molar-refractivity contribution in [2.24, 2.45) is 11.7 Å². The molecule has 0 spiro atoms. The maximum absolute atomic E-state index is 12.0. The highest BCUT2D eigenvalue weighted by Gasteiger charge is 2.21. The topological polar surface area (TPSA) is 58.4 Å². The molecule has 0 aliphatic carbocycles. The lowest BCUT2D eigenvalue weighted by atomic mass is 10.0. The number of amides is 1. The number of rotatable bonds is 8. The first-order valence-electron chi connectivity index (χ1n) is 7.51. The number of nitrogens with two attached hydrogens (primary N) is 1. The number of hydrogen-bond acceptors (Lipinski definition) is 3. The van der Waals surface area contributed by atoms with Crippen LogP contribution in [0.15, 0.2) is 24.3 Å². The zero-order chi connectivity index (χ0) is 15.8. The number of likely N-dealkylation sites (N-methyl/N-ethyl adjacent to an activating group) is 1. The van der Waals surface area contributed by atoms with Crippen LogP contribution in [0.4, 0.5) is 0 Å². The third kappa shape index (κ3) is 4.99. The average Bonchev–Trinajstić information content (AvgIpc) is 2.51. The fourth-order valence-electron chi connectivity index (χ4n) is 2.32. The van der Waals surface area contributed by atoms with E-state index in [0.29, 0.717) is 13.1 Å². The molecule has 0 aliphatic heterocycles. The van der Waals surface area contributed by atoms with Gasteiger partial charge in [-0.25, -0.2) is 0 Å². The van der Waals surface area contributed by atoms with Crippen molar-refractivity contribution in [2.75, 3.05) is 26.2 Å². The lowest BCUT2D eigenvalue weighted by Crippen LogP contribution is -2.41. The summed E-state index contributed by atoms with van der Waals surface area (Å²) < 4.78 is 0. The molecule has 1 aromatic carbocycles. The number of hydrogen-bond donors (Lipinski definition) is 2. The second-order valence-corrected chi connectivity index (χ2v) is 5.55. The normalized spacial score (nSPS) is 14.0. The van der Waals surface area contributed by atoms with Gasteiger partial charge in [0.2, 0.25) is 5.91 Å². The smallest absolute Gasteiger partial charge is 0.224 e. The summed E-state index contributed by atoms with van der Waals surface area (Å²) in [5.41, 5.74) is 6.58. The molecule has 0 aromatic heterocycles. The molecule has 2 atom stereocenters. The van der Waals surface area contributed by atoms with Gasteiger partial charge in [-0.1, -0.05) is 50.6 Å². The minimum absolute atomic E-state index is 0.0123. The van der Waals surface area contributed by atoms with E-state index in [0.717, 1.165) is 23.7 Å². The van der Waals surface area contributed by atoms with Gasteiger partial charge in [-0.2, -0.15) is 0 Å². The number of carbonyl (C=O) groups is 1. The molecule has 2 unspecified atom stereocenters. The fourth-order valence-corrected chi connectivity index (χ4v) is 2.59. The van der Waals surface area contributed by atoms with E-state index in [9.17, 15) is 4.79 Å². The molecule has 1 rings (SSSR count). The van der Waals surface area contributed by atoms with E-state index < -0.39 is 0 Å². The third-order valence-electron chi connectivity index (χ3n) is 3.79. The maximum atomic E-state index is 12.0. The highest BCUT2D eigenvalue weighted by atomic mass is 35.5. The van der Waals surface area contributed by atoms with Crippen molar-refractivity contribution >= 4 is 17.5 Å². The van der Waals surface area contributed by atoms with Crippen LogP contribution in [0.5, 0.6) is 0 Å². The van der Waals surface area contributed by atoms with Gasteiger partial charge in [-0.3, -0.25) is 9.69 Å². The highest BCUT2D eigenvalue weighted by Crippen LogP contribution is 2.26. The second-order valence-electron chi connectivity index (χ2n) is 5.14. The van der Waals surface area contributed by atoms with Crippen molar-refractivity contribution < 1.29 is 4.79 Å². The highest BCUT2D eigenvalue weighted by molar-refractivity contribution is 6.31. The predicted molar refractivity (Wildman–Crippen MR) is 88.3 cm³/mol. The van der Waals surface area contributed by atoms with Crippen LogP contribution in [-0.2, 0) is 4.79 Å². The van der Waals surface area contributed by atoms with E-state index in [1.165, 1.54) is 0 Å². The van der Waals surface area contributed by atoms with Crippen molar-refractivity contribution in [3.63, 3.8) is 0 Å². The molecule has 0 saturated heterocycles. The van der Waals surface area contributed by atoms with Gasteiger partial charge in [-0.05, 0) is 24.7 Å². The summed E-state index contributed by atoms with van der Waals surface area (Å²) in [4.78, 5) is 14.2. The number of nitrogens with one attached hydrogen (secondary N) is 1. The Morgan fingerprint density at radius 1 is 1.33 bits per heavy atom. The first-order chi connectivity index (χ1) is 10.0. The zero-order valence-electron chi connectivity index (χ0n) is 13.1. The Morgan fingerprint density at radius 2 is 1.95 bits per heavy atom. The predicted octanol–water partition coefficient (Wildman–Crippen LogP) is 2.43. The lowest BCUT2D eigenvalue weighted by molar-refractivity contribution is -0.124. The Bertz CT molecular complexity index is 449. The van der Waals surface area contributed by atoms with E-state index >= 15 is 0 Å². The molecule has 3 N–H and O–H groups in total. The maximum Gasteiger partial charge on any atom is 0.224 e. The monoisotopic (exact) mass is 311 g/mol. The quantitative estimate of drug-likeness (QED) is 0.775. The van der Waals surface area contributed by atoms with E-state index in [2.05, 4.69) is 24.1 Å². The van der Waals surface area contributed by atoms with Crippen LogP contribution in [0.2, 0.25) is 5.02 Å². The van der Waals surface area contributed by atoms with Gasteiger partial charge in [0.05, 0.1) is 6.04 Å². The molecule has 0 saturated carbocycles. The van der Waals surface area contributed by atoms with Crippen molar-refractivity contribution in [1.82, 2.24) is 10.2 Å². The summed E-state index contributed by atoms with van der Waals surface area (Å²) in [5, 5.41) is 3.72. The zero-order valence-corrected chi connectivity index (χ0v) is 13.9. The van der Waals surface area contributed by atoms with E-state index in [4.69, 9.17) is 17.3 Å². The molecule has 118 valence electrons. The summed E-state index contributed by atoms with van der Waals surface area (Å²) in [5.74, 6) is -0.185. The fraction of sp³-hybridized carbons (Fsp3) is 0.562. The molecule has 0 aliphatic rings. The van der Waals surface area contributed by atoms with Crippen LogP contribution in [0, 0.1) is 5.92 Å². The molecule has 5 heteroatoms. The summed E-state index contributed by atoms with van der Waals surface area (Å²) in [6, 6.07) is 7.87. The van der Waals surface area contributed by atoms with Crippen LogP contribution in [0.25, 0.3) is 0 Å². The minimum atomic E-state index is -0.173. The molecule has 0 fully saturated rings. The Kier molecular flexibility index (Phi) is 7.72. The Balaban J connectivity index is 2.89. The largest absolute Gasteiger partial charge is 0.354 e. The minimum Gasteiger partial charge on any atom is -0.354 e. The summed E-state index contributed by atoms with van der Waals surface area (Å²) >= 11 is 6.32. The van der Waals surface area contributed by atoms with Gasteiger partial charge in [0.1, 0.15) is 0 Å². The van der Waals surface area contributed by atoms with E-state index in [1.807, 2.05) is 31.2 Å². The Hall–Kier alpha value is -1.10. The van der Waals surface area contributed by atoms with Crippen molar-refractivity contribution in [2.45, 2.75) is 26.8 Å². The molecular weight excluding hydrogens is 286 g/mol. The summed E-state index contributed by atoms with van der Waals surface area (Å²) in [6.45, 7) is 8.73. The molecule has 4 nitrogen and oxygen atoms in total. The van der Waals surface area contributed by atoms with E-state index in [1.54, 1.807) is 0 Å². The van der Waals surface area contributed by atoms with Crippen LogP contribution < -0.4 is 11.1 Å². The van der Waals surface area contributed by atoms with Crippen molar-refractivity contribution in [3.05, 3.63) is 34.9 Å². The first kappa shape index (κ1) is 18.0. The number of benzene rings is 1. The van der Waals surface area contributed by atoms with Crippen LogP contribution in [-0.4, -0.2) is 37.0 Å². The van der Waals surface area contributed by atoms with Gasteiger partial charge >= 0.3 is 0 Å². The van der Waals surface area contributed by atoms with Crippen molar-refractivity contribution in [1.29, 1.82) is 0 Å². The van der Waals surface area contributed by atoms with Gasteiger partial charge < -0.3 is 11.1 Å². The number of halogens is 1. The molecule has 1 amide bonds. The third-order valence-corrected chi connectivity index (χ3v) is 4.13. The van der Waals surface area contributed by atoms with Gasteiger partial charge in [-0.15, -0.1) is 0 Å². The number of carbonyl (C=O) groups excluding carboxylic acids is 1. The molecule has 0 radical (unpaired) electrons. The van der Waals surface area contributed by atoms with Gasteiger partial charge in [0.15, 0.2) is 0 Å². The SMILES string of the molecule is CCN(CC)C(CNC(=O)C(C)CN)c1ccccc1Cl. The Morgan fingerprint density at radius 3 is 2.48 bits per heavy atom. The van der Waals surface area contributed by atoms with Crippen LogP contribution in [0.3, 0.4) is 0 Å². The summed E-state index contributed by atoms with van der Waals surface area (Å²) in [7, 11) is 0. The van der Waals surface area contributed by atoms with E-state index in [-0.39, 0.29) is 17.9 Å². The second kappa shape index (κ2) is 9.03. The van der Waals surface area contributed by atoms with Gasteiger partial charge in [0.25, 0.3) is 0 Å². The summed E-state index contributed by atoms with van der Waals surface area (Å²) in [6.07, 6.45) is 0. The standard InChI is InChI=1S/C16H26ClN3O/c1-4-20(5-2)15(11-19-16(21)12(3)10-18)13-8-6-7-9-14(13)17/h6-9,12,15H,4-5,10-11,18H2,1-3H3,(H,19,21). The average molecular weight is 312 g/mol. The Labute approximate surface area is 132 Å². The van der Waals surface area contributed by atoms with Crippen molar-refractivity contribution in [3.8, 4) is 0 Å². The van der Waals surface area contributed by atoms with Crippen LogP contribution in [0.1, 0.15) is 32.4 Å². The molecule has 0 bridgehead atoms. The number of nitrogens with zero attached hydrogens (tertiary/aromatic N) is 1. The molecular formula is C16H26ClN3O. The van der Waals surface area contributed by atoms with Crippen LogP contribution >= 0.6 is 11.6 Å². The lowest BCUT2D eigenvalue weighted by Gasteiger charge is -2.31. The molecule has 21 heavy (non-hydrogen) atoms. The first-order valence-corrected chi connectivity index (χ1v) is 7.89. The van der Waals surface area contributed by atoms with Gasteiger partial charge in [0, 0.05) is 24.0 Å². The molecule has 0 heterocycles.